The van der Waals surface area contributed by atoms with Gasteiger partial charge in [0.25, 0.3) is 0 Å². The largest absolute Gasteiger partial charge is 0.508 e. The number of phenolic OH excluding ortho intramolecular Hbond substituents is 1. The lowest BCUT2D eigenvalue weighted by molar-refractivity contribution is -0.117. The van der Waals surface area contributed by atoms with Crippen molar-refractivity contribution in [2.45, 2.75) is 39.2 Å². The van der Waals surface area contributed by atoms with Gasteiger partial charge in [0.2, 0.25) is 5.91 Å². The van der Waals surface area contributed by atoms with Gasteiger partial charge in [-0.1, -0.05) is 25.8 Å². The highest BCUT2D eigenvalue weighted by Gasteiger charge is 2.13. The number of aromatic hydroxyl groups is 1. The Morgan fingerprint density at radius 3 is 2.82 bits per heavy atom. The van der Waals surface area contributed by atoms with Gasteiger partial charge in [0, 0.05) is 11.8 Å². The summed E-state index contributed by atoms with van der Waals surface area (Å²) in [6.45, 7) is 3.86. The van der Waals surface area contributed by atoms with E-state index in [1.807, 2.05) is 0 Å². The lowest BCUT2D eigenvalue weighted by Gasteiger charge is -2.12. The fourth-order valence-corrected chi connectivity index (χ4v) is 1.48. The number of unbranched alkanes of at least 4 members (excludes halogenated alkanes) is 1. The van der Waals surface area contributed by atoms with Crippen LogP contribution in [0, 0.1) is 6.92 Å². The number of hydrogen-bond acceptors (Lipinski definition) is 3. The van der Waals surface area contributed by atoms with Gasteiger partial charge in [0.15, 0.2) is 0 Å². The molecule has 0 radical (unpaired) electrons. The molecule has 1 rings (SSSR count). The molecule has 94 valence electrons. The minimum Gasteiger partial charge on any atom is -0.508 e. The zero-order valence-electron chi connectivity index (χ0n) is 10.4. The van der Waals surface area contributed by atoms with E-state index in [0.717, 1.165) is 18.4 Å². The molecule has 1 aromatic rings. The van der Waals surface area contributed by atoms with Crippen LogP contribution in [0.3, 0.4) is 0 Å². The second kappa shape index (κ2) is 6.25. The van der Waals surface area contributed by atoms with Crippen LogP contribution in [-0.2, 0) is 4.79 Å². The number of hydrogen-bond donors (Lipinski definition) is 3. The van der Waals surface area contributed by atoms with Crippen LogP contribution >= 0.6 is 0 Å². The molecular weight excluding hydrogens is 216 g/mol. The standard InChI is InChI=1S/C13H20N2O2/c1-3-4-5-11(14)13(17)15-10-7-6-9(2)12(16)8-10/h6-8,11,16H,3-5,14H2,1-2H3,(H,15,17)/t11-/m0/s1. The first-order valence-electron chi connectivity index (χ1n) is 5.90. The Balaban J connectivity index is 2.58. The highest BCUT2D eigenvalue weighted by Crippen LogP contribution is 2.20. The molecule has 0 aliphatic carbocycles. The number of amides is 1. The molecule has 0 aromatic heterocycles. The van der Waals surface area contributed by atoms with Gasteiger partial charge in [-0.3, -0.25) is 4.79 Å². The molecule has 0 saturated heterocycles. The summed E-state index contributed by atoms with van der Waals surface area (Å²) in [5.41, 5.74) is 7.09. The Kier molecular flexibility index (Phi) is 4.97. The van der Waals surface area contributed by atoms with Crippen molar-refractivity contribution in [1.82, 2.24) is 0 Å². The van der Waals surface area contributed by atoms with E-state index in [1.165, 1.54) is 6.07 Å². The van der Waals surface area contributed by atoms with Crippen molar-refractivity contribution in [3.05, 3.63) is 23.8 Å². The third-order valence-electron chi connectivity index (χ3n) is 2.68. The second-order valence-electron chi connectivity index (χ2n) is 4.24. The highest BCUT2D eigenvalue weighted by molar-refractivity contribution is 5.94. The van der Waals surface area contributed by atoms with Crippen molar-refractivity contribution < 1.29 is 9.90 Å². The summed E-state index contributed by atoms with van der Waals surface area (Å²) in [6, 6.07) is 4.54. The molecule has 1 amide bonds. The number of anilines is 1. The number of benzene rings is 1. The van der Waals surface area contributed by atoms with E-state index in [1.54, 1.807) is 19.1 Å². The lowest BCUT2D eigenvalue weighted by Crippen LogP contribution is -2.35. The van der Waals surface area contributed by atoms with Crippen LogP contribution < -0.4 is 11.1 Å². The SMILES string of the molecule is CCCC[C@H](N)C(=O)Nc1ccc(C)c(O)c1. The Bertz CT molecular complexity index is 391. The summed E-state index contributed by atoms with van der Waals surface area (Å²) < 4.78 is 0. The maximum absolute atomic E-state index is 11.7. The molecule has 0 aliphatic rings. The Labute approximate surface area is 102 Å². The van der Waals surface area contributed by atoms with Crippen molar-refractivity contribution in [2.24, 2.45) is 5.73 Å². The zero-order chi connectivity index (χ0) is 12.8. The summed E-state index contributed by atoms with van der Waals surface area (Å²) in [5, 5.41) is 12.2. The van der Waals surface area contributed by atoms with E-state index >= 15 is 0 Å². The van der Waals surface area contributed by atoms with E-state index in [-0.39, 0.29) is 11.7 Å². The van der Waals surface area contributed by atoms with Crippen molar-refractivity contribution in [1.29, 1.82) is 0 Å². The molecule has 0 unspecified atom stereocenters. The molecule has 1 atom stereocenters. The van der Waals surface area contributed by atoms with E-state index < -0.39 is 6.04 Å². The molecule has 0 saturated carbocycles. The summed E-state index contributed by atoms with van der Waals surface area (Å²) in [7, 11) is 0. The summed E-state index contributed by atoms with van der Waals surface area (Å²) in [5.74, 6) is -0.0355. The number of carbonyl (C=O) groups is 1. The topological polar surface area (TPSA) is 75.4 Å². The first-order chi connectivity index (χ1) is 8.04. The molecule has 4 heteroatoms. The third-order valence-corrected chi connectivity index (χ3v) is 2.68. The smallest absolute Gasteiger partial charge is 0.241 e. The molecule has 4 nitrogen and oxygen atoms in total. The number of phenols is 1. The molecule has 4 N–H and O–H groups in total. The van der Waals surface area contributed by atoms with Gasteiger partial charge in [-0.2, -0.15) is 0 Å². The minimum absolute atomic E-state index is 0.171. The van der Waals surface area contributed by atoms with Gasteiger partial charge in [0.05, 0.1) is 6.04 Å². The maximum Gasteiger partial charge on any atom is 0.241 e. The third kappa shape index (κ3) is 4.07. The van der Waals surface area contributed by atoms with Crippen LogP contribution in [0.4, 0.5) is 5.69 Å². The minimum atomic E-state index is -0.488. The van der Waals surface area contributed by atoms with Crippen LogP contribution in [0.15, 0.2) is 18.2 Å². The number of carbonyl (C=O) groups excluding carboxylic acids is 1. The van der Waals surface area contributed by atoms with Gasteiger partial charge in [0.1, 0.15) is 5.75 Å². The van der Waals surface area contributed by atoms with Crippen LogP contribution in [0.2, 0.25) is 0 Å². The predicted molar refractivity (Wildman–Crippen MR) is 69.0 cm³/mol. The van der Waals surface area contributed by atoms with Crippen molar-refractivity contribution in [2.75, 3.05) is 5.32 Å². The molecule has 17 heavy (non-hydrogen) atoms. The Morgan fingerprint density at radius 1 is 1.53 bits per heavy atom. The van der Waals surface area contributed by atoms with Crippen molar-refractivity contribution >= 4 is 11.6 Å². The van der Waals surface area contributed by atoms with Crippen molar-refractivity contribution in [3.8, 4) is 5.75 Å². The Morgan fingerprint density at radius 2 is 2.24 bits per heavy atom. The maximum atomic E-state index is 11.7. The van der Waals surface area contributed by atoms with E-state index in [9.17, 15) is 9.90 Å². The molecule has 0 bridgehead atoms. The summed E-state index contributed by atoms with van der Waals surface area (Å²) >= 11 is 0. The summed E-state index contributed by atoms with van der Waals surface area (Å²) in [4.78, 5) is 11.7. The van der Waals surface area contributed by atoms with Gasteiger partial charge in [-0.25, -0.2) is 0 Å². The lowest BCUT2D eigenvalue weighted by atomic mass is 10.1. The fourth-order valence-electron chi connectivity index (χ4n) is 1.48. The van der Waals surface area contributed by atoms with Crippen LogP contribution in [0.5, 0.6) is 5.75 Å². The van der Waals surface area contributed by atoms with Gasteiger partial charge in [-0.15, -0.1) is 0 Å². The number of rotatable bonds is 5. The molecule has 0 spiro atoms. The van der Waals surface area contributed by atoms with E-state index in [2.05, 4.69) is 12.2 Å². The molecule has 1 aromatic carbocycles. The molecule has 0 aliphatic heterocycles. The average Bonchev–Trinajstić information content (AvgIpc) is 2.30. The fraction of sp³-hybridized carbons (Fsp3) is 0.462. The van der Waals surface area contributed by atoms with Crippen LogP contribution in [-0.4, -0.2) is 17.1 Å². The number of aryl methyl sites for hydroxylation is 1. The quantitative estimate of drug-likeness (QED) is 0.733. The van der Waals surface area contributed by atoms with E-state index in [4.69, 9.17) is 5.73 Å². The molecule has 0 fully saturated rings. The average molecular weight is 236 g/mol. The second-order valence-corrected chi connectivity index (χ2v) is 4.24. The zero-order valence-corrected chi connectivity index (χ0v) is 10.4. The number of nitrogens with one attached hydrogen (secondary N) is 1. The van der Waals surface area contributed by atoms with Gasteiger partial charge in [-0.05, 0) is 25.0 Å². The predicted octanol–water partition coefficient (Wildman–Crippen LogP) is 2.16. The van der Waals surface area contributed by atoms with Crippen molar-refractivity contribution in [3.63, 3.8) is 0 Å². The Hall–Kier alpha value is -1.55. The first kappa shape index (κ1) is 13.5. The van der Waals surface area contributed by atoms with Crippen LogP contribution in [0.25, 0.3) is 0 Å². The molecular formula is C13H20N2O2. The van der Waals surface area contributed by atoms with E-state index in [0.29, 0.717) is 12.1 Å². The van der Waals surface area contributed by atoms with Crippen LogP contribution in [0.1, 0.15) is 31.7 Å². The first-order valence-corrected chi connectivity index (χ1v) is 5.90. The highest BCUT2D eigenvalue weighted by atomic mass is 16.3. The van der Waals surface area contributed by atoms with Gasteiger partial charge >= 0.3 is 0 Å². The number of nitrogens with two attached hydrogens (primary N) is 1. The normalized spacial score (nSPS) is 12.2. The summed E-state index contributed by atoms with van der Waals surface area (Å²) in [6.07, 6.45) is 2.64. The van der Waals surface area contributed by atoms with Gasteiger partial charge < -0.3 is 16.2 Å². The monoisotopic (exact) mass is 236 g/mol. The molecule has 0 heterocycles.